The average molecular weight is 173 g/mol. The third-order valence-corrected chi connectivity index (χ3v) is 2.92. The topological polar surface area (TPSA) is 0 Å². The van der Waals surface area contributed by atoms with Gasteiger partial charge in [0.2, 0.25) is 0 Å². The quantitative estimate of drug-likeness (QED) is 0.420. The normalized spacial score (nSPS) is 38.1. The molecule has 0 N–H and O–H groups in total. The van der Waals surface area contributed by atoms with Crippen LogP contribution in [0.2, 0.25) is 0 Å². The van der Waals surface area contributed by atoms with Gasteiger partial charge in [-0.3, -0.25) is 0 Å². The van der Waals surface area contributed by atoms with Crippen LogP contribution in [-0.4, -0.2) is 5.38 Å². The molecule has 1 rings (SSSR count). The van der Waals surface area contributed by atoms with Crippen molar-refractivity contribution in [1.29, 1.82) is 0 Å². The Hall–Kier alpha value is 0.0300. The standard InChI is InChI=1S/C10H17Cl/c1-7(2)9-5-4-8(3)6-10(9)11/h4-5,7-10H,6H2,1-3H3. The molecule has 0 bridgehead atoms. The molecule has 0 heterocycles. The van der Waals surface area contributed by atoms with Crippen molar-refractivity contribution in [3.05, 3.63) is 12.2 Å². The number of allylic oxidation sites excluding steroid dienone is 2. The van der Waals surface area contributed by atoms with E-state index in [0.29, 0.717) is 23.1 Å². The van der Waals surface area contributed by atoms with Crippen LogP contribution in [0.15, 0.2) is 12.2 Å². The minimum Gasteiger partial charge on any atom is -0.122 e. The van der Waals surface area contributed by atoms with Gasteiger partial charge in [0.25, 0.3) is 0 Å². The lowest BCUT2D eigenvalue weighted by Gasteiger charge is -2.28. The summed E-state index contributed by atoms with van der Waals surface area (Å²) in [4.78, 5) is 0. The summed E-state index contributed by atoms with van der Waals surface area (Å²) in [5.74, 6) is 1.95. The second-order valence-corrected chi connectivity index (χ2v) is 4.50. The monoisotopic (exact) mass is 172 g/mol. The van der Waals surface area contributed by atoms with E-state index in [0.717, 1.165) is 6.42 Å². The van der Waals surface area contributed by atoms with Crippen molar-refractivity contribution in [1.82, 2.24) is 0 Å². The molecule has 64 valence electrons. The number of rotatable bonds is 1. The lowest BCUT2D eigenvalue weighted by atomic mass is 9.83. The van der Waals surface area contributed by atoms with Crippen molar-refractivity contribution in [2.24, 2.45) is 17.8 Å². The molecule has 1 heteroatoms. The van der Waals surface area contributed by atoms with E-state index in [-0.39, 0.29) is 0 Å². The zero-order chi connectivity index (χ0) is 8.43. The molecule has 0 aromatic rings. The Bertz CT molecular complexity index is 149. The van der Waals surface area contributed by atoms with Gasteiger partial charge in [-0.25, -0.2) is 0 Å². The second-order valence-electron chi connectivity index (χ2n) is 3.94. The first-order chi connectivity index (χ1) is 5.11. The molecule has 0 spiro atoms. The van der Waals surface area contributed by atoms with Gasteiger partial charge in [0.05, 0.1) is 0 Å². The Labute approximate surface area is 74.6 Å². The van der Waals surface area contributed by atoms with Crippen LogP contribution in [0.25, 0.3) is 0 Å². The van der Waals surface area contributed by atoms with E-state index in [9.17, 15) is 0 Å². The summed E-state index contributed by atoms with van der Waals surface area (Å²) in [5, 5.41) is 0.356. The Kier molecular flexibility index (Phi) is 3.00. The molecule has 0 aliphatic heterocycles. The van der Waals surface area contributed by atoms with E-state index < -0.39 is 0 Å². The molecule has 1 aliphatic rings. The maximum Gasteiger partial charge on any atom is 0.0406 e. The van der Waals surface area contributed by atoms with Gasteiger partial charge in [-0.15, -0.1) is 11.6 Å². The van der Waals surface area contributed by atoms with Crippen LogP contribution in [-0.2, 0) is 0 Å². The van der Waals surface area contributed by atoms with E-state index >= 15 is 0 Å². The lowest BCUT2D eigenvalue weighted by molar-refractivity contribution is 0.390. The lowest BCUT2D eigenvalue weighted by Crippen LogP contribution is -2.23. The van der Waals surface area contributed by atoms with E-state index in [1.165, 1.54) is 0 Å². The molecule has 0 amide bonds. The SMILES string of the molecule is CC1C=CC(C(C)C)C(Cl)C1. The van der Waals surface area contributed by atoms with Crippen molar-refractivity contribution in [3.8, 4) is 0 Å². The third-order valence-electron chi connectivity index (χ3n) is 2.45. The van der Waals surface area contributed by atoms with Crippen molar-refractivity contribution in [3.63, 3.8) is 0 Å². The Morgan fingerprint density at radius 1 is 1.36 bits per heavy atom. The molecule has 0 aromatic heterocycles. The highest BCUT2D eigenvalue weighted by atomic mass is 35.5. The van der Waals surface area contributed by atoms with Gasteiger partial charge >= 0.3 is 0 Å². The van der Waals surface area contributed by atoms with Crippen LogP contribution in [0.5, 0.6) is 0 Å². The molecule has 0 fully saturated rings. The van der Waals surface area contributed by atoms with Crippen LogP contribution >= 0.6 is 11.6 Å². The van der Waals surface area contributed by atoms with E-state index in [2.05, 4.69) is 32.9 Å². The molecule has 3 atom stereocenters. The summed E-state index contributed by atoms with van der Waals surface area (Å²) in [5.41, 5.74) is 0. The van der Waals surface area contributed by atoms with Gasteiger partial charge < -0.3 is 0 Å². The van der Waals surface area contributed by atoms with Crippen LogP contribution in [0, 0.1) is 17.8 Å². The fraction of sp³-hybridized carbons (Fsp3) is 0.800. The highest BCUT2D eigenvalue weighted by Gasteiger charge is 2.24. The molecule has 0 nitrogen and oxygen atoms in total. The van der Waals surface area contributed by atoms with E-state index in [4.69, 9.17) is 11.6 Å². The summed E-state index contributed by atoms with van der Waals surface area (Å²) in [7, 11) is 0. The largest absolute Gasteiger partial charge is 0.122 e. The van der Waals surface area contributed by atoms with Gasteiger partial charge in [0.1, 0.15) is 0 Å². The fourth-order valence-electron chi connectivity index (χ4n) is 1.67. The van der Waals surface area contributed by atoms with Crippen molar-refractivity contribution >= 4 is 11.6 Å². The molecular weight excluding hydrogens is 156 g/mol. The molecule has 0 radical (unpaired) electrons. The van der Waals surface area contributed by atoms with Crippen LogP contribution in [0.3, 0.4) is 0 Å². The van der Waals surface area contributed by atoms with E-state index in [1.807, 2.05) is 0 Å². The number of hydrogen-bond acceptors (Lipinski definition) is 0. The summed E-state index contributed by atoms with van der Waals surface area (Å²) < 4.78 is 0. The molecule has 3 unspecified atom stereocenters. The Morgan fingerprint density at radius 3 is 2.45 bits per heavy atom. The smallest absolute Gasteiger partial charge is 0.0406 e. The van der Waals surface area contributed by atoms with Gasteiger partial charge in [0, 0.05) is 5.38 Å². The maximum atomic E-state index is 6.22. The summed E-state index contributed by atoms with van der Waals surface area (Å²) >= 11 is 6.22. The first-order valence-corrected chi connectivity index (χ1v) is 4.87. The first kappa shape index (κ1) is 9.12. The van der Waals surface area contributed by atoms with Crippen molar-refractivity contribution < 1.29 is 0 Å². The molecular formula is C10H17Cl. The minimum absolute atomic E-state index is 0.356. The molecule has 0 aromatic carbocycles. The van der Waals surface area contributed by atoms with Gasteiger partial charge in [-0.2, -0.15) is 0 Å². The second kappa shape index (κ2) is 3.62. The maximum absolute atomic E-state index is 6.22. The first-order valence-electron chi connectivity index (χ1n) is 4.43. The summed E-state index contributed by atoms with van der Waals surface area (Å²) in [6.07, 6.45) is 5.72. The zero-order valence-corrected chi connectivity index (χ0v) is 8.31. The van der Waals surface area contributed by atoms with E-state index in [1.54, 1.807) is 0 Å². The average Bonchev–Trinajstić information content (AvgIpc) is 1.85. The molecule has 11 heavy (non-hydrogen) atoms. The minimum atomic E-state index is 0.356. The third kappa shape index (κ3) is 2.23. The van der Waals surface area contributed by atoms with Gasteiger partial charge in [0.15, 0.2) is 0 Å². The van der Waals surface area contributed by atoms with Crippen LogP contribution < -0.4 is 0 Å². The van der Waals surface area contributed by atoms with Crippen LogP contribution in [0.1, 0.15) is 27.2 Å². The van der Waals surface area contributed by atoms with Crippen molar-refractivity contribution in [2.75, 3.05) is 0 Å². The number of halogens is 1. The highest BCUT2D eigenvalue weighted by Crippen LogP contribution is 2.31. The summed E-state index contributed by atoms with van der Waals surface area (Å²) in [6, 6.07) is 0. The molecule has 0 saturated heterocycles. The number of hydrogen-bond donors (Lipinski definition) is 0. The molecule has 1 aliphatic carbocycles. The number of alkyl halides is 1. The Morgan fingerprint density at radius 2 is 2.00 bits per heavy atom. The summed E-state index contributed by atoms with van der Waals surface area (Å²) in [6.45, 7) is 6.70. The van der Waals surface area contributed by atoms with Crippen molar-refractivity contribution in [2.45, 2.75) is 32.6 Å². The predicted octanol–water partition coefficient (Wildman–Crippen LogP) is 3.46. The Balaban J connectivity index is 2.61. The highest BCUT2D eigenvalue weighted by molar-refractivity contribution is 6.21. The van der Waals surface area contributed by atoms with Crippen LogP contribution in [0.4, 0.5) is 0 Å². The molecule has 0 saturated carbocycles. The fourth-order valence-corrected chi connectivity index (χ4v) is 2.33. The predicted molar refractivity (Wildman–Crippen MR) is 50.9 cm³/mol. The van der Waals surface area contributed by atoms with Gasteiger partial charge in [-0.05, 0) is 24.2 Å². The zero-order valence-electron chi connectivity index (χ0n) is 7.55. The van der Waals surface area contributed by atoms with Gasteiger partial charge in [-0.1, -0.05) is 32.9 Å².